The van der Waals surface area contributed by atoms with Crippen LogP contribution in [0.1, 0.15) is 5.56 Å². The zero-order valence-electron chi connectivity index (χ0n) is 12.7. The van der Waals surface area contributed by atoms with Gasteiger partial charge in [0.05, 0.1) is 34.5 Å². The van der Waals surface area contributed by atoms with E-state index in [4.69, 9.17) is 4.74 Å². The van der Waals surface area contributed by atoms with Gasteiger partial charge in [-0.3, -0.25) is 4.79 Å². The van der Waals surface area contributed by atoms with Crippen LogP contribution < -0.4 is 15.5 Å². The van der Waals surface area contributed by atoms with Crippen LogP contribution in [0.3, 0.4) is 0 Å². The van der Waals surface area contributed by atoms with E-state index in [9.17, 15) is 9.90 Å². The molecule has 0 bridgehead atoms. The molecule has 2 aromatic carbocycles. The van der Waals surface area contributed by atoms with Gasteiger partial charge in [-0.05, 0) is 61.7 Å². The highest BCUT2D eigenvalue weighted by atomic mass is 79.9. The lowest BCUT2D eigenvalue weighted by Gasteiger charge is -2.09. The summed E-state index contributed by atoms with van der Waals surface area (Å²) in [5.41, 5.74) is 3.87. The lowest BCUT2D eigenvalue weighted by molar-refractivity contribution is -0.119. The van der Waals surface area contributed by atoms with E-state index in [2.05, 4.69) is 47.7 Å². The van der Waals surface area contributed by atoms with Crippen molar-refractivity contribution in [1.82, 2.24) is 5.43 Å². The van der Waals surface area contributed by atoms with Gasteiger partial charge in [0.25, 0.3) is 5.91 Å². The Morgan fingerprint density at radius 3 is 2.62 bits per heavy atom. The number of halogens is 2. The number of anilines is 1. The van der Waals surface area contributed by atoms with Crippen molar-refractivity contribution in [3.63, 3.8) is 0 Å². The van der Waals surface area contributed by atoms with Gasteiger partial charge < -0.3 is 15.2 Å². The van der Waals surface area contributed by atoms with E-state index in [1.165, 1.54) is 6.21 Å². The van der Waals surface area contributed by atoms with Crippen molar-refractivity contribution in [3.8, 4) is 11.5 Å². The standard InChI is InChI=1S/C16H15Br2N3O3/c1-24-14-5-3-2-4-13(14)19-9-15(22)21-20-8-10-6-11(17)16(23)12(18)7-10/h2-8,19,23H,9H2,1H3,(H,21,22)/b20-8+. The van der Waals surface area contributed by atoms with Crippen molar-refractivity contribution in [3.05, 3.63) is 50.9 Å². The van der Waals surface area contributed by atoms with E-state index >= 15 is 0 Å². The Labute approximate surface area is 156 Å². The SMILES string of the molecule is COc1ccccc1NCC(=O)N/N=C/c1cc(Br)c(O)c(Br)c1. The molecule has 0 aliphatic rings. The minimum atomic E-state index is -0.297. The Balaban J connectivity index is 1.89. The molecule has 0 aromatic heterocycles. The van der Waals surface area contributed by atoms with Gasteiger partial charge in [0.2, 0.25) is 0 Å². The van der Waals surface area contributed by atoms with Gasteiger partial charge in [-0.15, -0.1) is 0 Å². The highest BCUT2D eigenvalue weighted by Gasteiger charge is 2.06. The maximum atomic E-state index is 11.8. The molecule has 0 saturated carbocycles. The third kappa shape index (κ3) is 4.97. The smallest absolute Gasteiger partial charge is 0.259 e. The number of carbonyl (C=O) groups excluding carboxylic acids is 1. The van der Waals surface area contributed by atoms with E-state index in [0.717, 1.165) is 5.69 Å². The highest BCUT2D eigenvalue weighted by molar-refractivity contribution is 9.11. The largest absolute Gasteiger partial charge is 0.506 e. The summed E-state index contributed by atoms with van der Waals surface area (Å²) in [6, 6.07) is 10.7. The molecule has 6 nitrogen and oxygen atoms in total. The first-order valence-corrected chi connectivity index (χ1v) is 8.46. The monoisotopic (exact) mass is 455 g/mol. The quantitative estimate of drug-likeness (QED) is 0.459. The van der Waals surface area contributed by atoms with Gasteiger partial charge in [-0.25, -0.2) is 5.43 Å². The molecular weight excluding hydrogens is 442 g/mol. The summed E-state index contributed by atoms with van der Waals surface area (Å²) in [5, 5.41) is 16.5. The lowest BCUT2D eigenvalue weighted by atomic mass is 10.2. The fourth-order valence-corrected chi connectivity index (χ4v) is 3.07. The molecule has 0 spiro atoms. The van der Waals surface area contributed by atoms with E-state index in [1.807, 2.05) is 18.2 Å². The summed E-state index contributed by atoms with van der Waals surface area (Å²) in [7, 11) is 1.57. The van der Waals surface area contributed by atoms with Crippen molar-refractivity contribution in [2.45, 2.75) is 0 Å². The topological polar surface area (TPSA) is 83.0 Å². The Hall–Kier alpha value is -2.06. The number of hydrazone groups is 1. The molecule has 24 heavy (non-hydrogen) atoms. The number of aromatic hydroxyl groups is 1. The zero-order valence-corrected chi connectivity index (χ0v) is 15.9. The van der Waals surface area contributed by atoms with Gasteiger partial charge >= 0.3 is 0 Å². The van der Waals surface area contributed by atoms with Crippen LogP contribution in [0.25, 0.3) is 0 Å². The maximum absolute atomic E-state index is 11.8. The van der Waals surface area contributed by atoms with Crippen molar-refractivity contribution >= 4 is 49.7 Å². The number of rotatable bonds is 6. The summed E-state index contributed by atoms with van der Waals surface area (Å²) < 4.78 is 6.26. The van der Waals surface area contributed by atoms with Gasteiger partial charge in [0.15, 0.2) is 0 Å². The lowest BCUT2D eigenvalue weighted by Crippen LogP contribution is -2.26. The predicted octanol–water partition coefficient (Wildman–Crippen LogP) is 3.49. The van der Waals surface area contributed by atoms with Crippen molar-refractivity contribution in [1.29, 1.82) is 0 Å². The summed E-state index contributed by atoms with van der Waals surface area (Å²) >= 11 is 6.46. The highest BCUT2D eigenvalue weighted by Crippen LogP contribution is 2.32. The number of phenols is 1. The van der Waals surface area contributed by atoms with E-state index in [-0.39, 0.29) is 18.2 Å². The van der Waals surface area contributed by atoms with Crippen LogP contribution in [0.4, 0.5) is 5.69 Å². The van der Waals surface area contributed by atoms with Gasteiger partial charge in [-0.1, -0.05) is 12.1 Å². The van der Waals surface area contributed by atoms with Gasteiger partial charge in [-0.2, -0.15) is 5.10 Å². The second-order valence-electron chi connectivity index (χ2n) is 4.68. The minimum Gasteiger partial charge on any atom is -0.506 e. The molecule has 3 N–H and O–H groups in total. The average Bonchev–Trinajstić information content (AvgIpc) is 2.58. The number of nitrogens with one attached hydrogen (secondary N) is 2. The van der Waals surface area contributed by atoms with Crippen LogP contribution in [0.15, 0.2) is 50.4 Å². The number of phenolic OH excluding ortho intramolecular Hbond substituents is 1. The first kappa shape index (κ1) is 18.3. The molecule has 126 valence electrons. The Bertz CT molecular complexity index is 743. The second-order valence-corrected chi connectivity index (χ2v) is 6.39. The van der Waals surface area contributed by atoms with Crippen LogP contribution in [-0.2, 0) is 4.79 Å². The summed E-state index contributed by atoms with van der Waals surface area (Å²) in [6.45, 7) is 0.0562. The molecule has 0 saturated heterocycles. The molecule has 0 fully saturated rings. The first-order valence-electron chi connectivity index (χ1n) is 6.88. The van der Waals surface area contributed by atoms with Gasteiger partial charge in [0.1, 0.15) is 11.5 Å². The number of hydrogen-bond donors (Lipinski definition) is 3. The number of para-hydroxylation sites is 2. The number of methoxy groups -OCH3 is 1. The van der Waals surface area contributed by atoms with Crippen molar-refractivity contribution < 1.29 is 14.6 Å². The van der Waals surface area contributed by atoms with Crippen LogP contribution in [0.2, 0.25) is 0 Å². The van der Waals surface area contributed by atoms with Crippen LogP contribution in [-0.4, -0.2) is 30.9 Å². The van der Waals surface area contributed by atoms with Crippen molar-refractivity contribution in [2.75, 3.05) is 19.0 Å². The molecule has 0 aliphatic heterocycles. The van der Waals surface area contributed by atoms with Crippen LogP contribution >= 0.6 is 31.9 Å². The van der Waals surface area contributed by atoms with E-state index in [0.29, 0.717) is 20.3 Å². The van der Waals surface area contributed by atoms with Crippen LogP contribution in [0.5, 0.6) is 11.5 Å². The van der Waals surface area contributed by atoms with E-state index < -0.39 is 0 Å². The minimum absolute atomic E-state index is 0.0562. The predicted molar refractivity (Wildman–Crippen MR) is 101 cm³/mol. The number of hydrogen-bond acceptors (Lipinski definition) is 5. The summed E-state index contributed by atoms with van der Waals surface area (Å²) in [4.78, 5) is 11.8. The van der Waals surface area contributed by atoms with Gasteiger partial charge in [0, 0.05) is 0 Å². The molecular formula is C16H15Br2N3O3. The number of carbonyl (C=O) groups is 1. The Morgan fingerprint density at radius 1 is 1.29 bits per heavy atom. The number of benzene rings is 2. The fourth-order valence-electron chi connectivity index (χ4n) is 1.84. The number of ether oxygens (including phenoxy) is 1. The average molecular weight is 457 g/mol. The number of nitrogens with zero attached hydrogens (tertiary/aromatic N) is 1. The third-order valence-electron chi connectivity index (χ3n) is 2.99. The molecule has 0 heterocycles. The second kappa shape index (κ2) is 8.70. The summed E-state index contributed by atoms with van der Waals surface area (Å²) in [5.74, 6) is 0.471. The molecule has 1 amide bonds. The first-order chi connectivity index (χ1) is 11.5. The molecule has 2 aromatic rings. The molecule has 8 heteroatoms. The number of amides is 1. The normalized spacial score (nSPS) is 10.6. The van der Waals surface area contributed by atoms with Crippen LogP contribution in [0, 0.1) is 0 Å². The zero-order chi connectivity index (χ0) is 17.5. The fraction of sp³-hybridized carbons (Fsp3) is 0.125. The Morgan fingerprint density at radius 2 is 1.96 bits per heavy atom. The third-order valence-corrected chi connectivity index (χ3v) is 4.20. The molecule has 2 rings (SSSR count). The Kier molecular flexibility index (Phi) is 6.62. The summed E-state index contributed by atoms with van der Waals surface area (Å²) in [6.07, 6.45) is 1.48. The molecule has 0 aliphatic carbocycles. The van der Waals surface area contributed by atoms with E-state index in [1.54, 1.807) is 25.3 Å². The maximum Gasteiger partial charge on any atom is 0.259 e. The molecule has 0 unspecified atom stereocenters. The molecule has 0 radical (unpaired) electrons. The molecule has 0 atom stereocenters. The van der Waals surface area contributed by atoms with Crippen molar-refractivity contribution in [2.24, 2.45) is 5.10 Å².